The minimum absolute atomic E-state index is 0.198. The van der Waals surface area contributed by atoms with Crippen LogP contribution in [0.1, 0.15) is 31.6 Å². The highest BCUT2D eigenvalue weighted by molar-refractivity contribution is 7.89. The Bertz CT molecular complexity index is 729. The summed E-state index contributed by atoms with van der Waals surface area (Å²) in [6.07, 6.45) is 8.49. The number of imidazole rings is 1. The second kappa shape index (κ2) is 5.27. The summed E-state index contributed by atoms with van der Waals surface area (Å²) < 4.78 is 31.3. The standard InChI is InChI=1S/C13H19N5O2S/c1-3-18-9-11(8-15-18)21(19,20)16-12(10-4-5-10)13-14-6-7-17(13)2/h6-10,12,16H,3-5H2,1-2H3. The number of hydrogen-bond donors (Lipinski definition) is 1. The molecule has 114 valence electrons. The third-order valence-electron chi connectivity index (χ3n) is 3.76. The zero-order chi connectivity index (χ0) is 15.0. The maximum Gasteiger partial charge on any atom is 0.244 e. The summed E-state index contributed by atoms with van der Waals surface area (Å²) in [5.41, 5.74) is 0. The molecule has 7 nitrogen and oxygen atoms in total. The molecule has 21 heavy (non-hydrogen) atoms. The first-order chi connectivity index (χ1) is 10.0. The topological polar surface area (TPSA) is 81.8 Å². The van der Waals surface area contributed by atoms with E-state index in [9.17, 15) is 8.42 Å². The highest BCUT2D eigenvalue weighted by atomic mass is 32.2. The number of sulfonamides is 1. The van der Waals surface area contributed by atoms with Gasteiger partial charge in [-0.15, -0.1) is 0 Å². The molecule has 8 heteroatoms. The number of nitrogens with zero attached hydrogens (tertiary/aromatic N) is 4. The van der Waals surface area contributed by atoms with Crippen LogP contribution in [0.3, 0.4) is 0 Å². The lowest BCUT2D eigenvalue weighted by Crippen LogP contribution is -2.31. The smallest absolute Gasteiger partial charge is 0.244 e. The lowest BCUT2D eigenvalue weighted by molar-refractivity contribution is 0.500. The molecular formula is C13H19N5O2S. The number of aromatic nitrogens is 4. The van der Waals surface area contributed by atoms with Crippen molar-refractivity contribution in [2.24, 2.45) is 13.0 Å². The van der Waals surface area contributed by atoms with Gasteiger partial charge in [0, 0.05) is 32.2 Å². The Morgan fingerprint density at radius 3 is 2.76 bits per heavy atom. The predicted octanol–water partition coefficient (Wildman–Crippen LogP) is 1.07. The van der Waals surface area contributed by atoms with E-state index in [0.717, 1.165) is 18.7 Å². The fraction of sp³-hybridized carbons (Fsp3) is 0.538. The molecule has 1 aliphatic rings. The first-order valence-electron chi connectivity index (χ1n) is 7.03. The van der Waals surface area contributed by atoms with Gasteiger partial charge in [0.15, 0.2) is 0 Å². The molecule has 1 aliphatic carbocycles. The van der Waals surface area contributed by atoms with Gasteiger partial charge in [0.1, 0.15) is 10.7 Å². The van der Waals surface area contributed by atoms with Gasteiger partial charge in [0.2, 0.25) is 10.0 Å². The zero-order valence-corrected chi connectivity index (χ0v) is 12.9. The monoisotopic (exact) mass is 309 g/mol. The number of nitrogens with one attached hydrogen (secondary N) is 1. The Morgan fingerprint density at radius 1 is 1.48 bits per heavy atom. The van der Waals surface area contributed by atoms with Crippen LogP contribution in [0, 0.1) is 5.92 Å². The number of rotatable bonds is 6. The highest BCUT2D eigenvalue weighted by Gasteiger charge is 2.37. The van der Waals surface area contributed by atoms with Crippen LogP contribution in [-0.4, -0.2) is 27.7 Å². The molecule has 1 saturated carbocycles. The normalized spacial score (nSPS) is 17.0. The molecule has 1 N–H and O–H groups in total. The molecule has 1 unspecified atom stereocenters. The molecular weight excluding hydrogens is 290 g/mol. The summed E-state index contributed by atoms with van der Waals surface area (Å²) in [6.45, 7) is 2.55. The number of hydrogen-bond acceptors (Lipinski definition) is 4. The molecule has 1 fully saturated rings. The maximum absolute atomic E-state index is 12.5. The Morgan fingerprint density at radius 2 is 2.24 bits per heavy atom. The van der Waals surface area contributed by atoms with E-state index < -0.39 is 10.0 Å². The molecule has 0 aliphatic heterocycles. The Labute approximate surface area is 124 Å². The van der Waals surface area contributed by atoms with Crippen molar-refractivity contribution in [2.75, 3.05) is 0 Å². The van der Waals surface area contributed by atoms with Gasteiger partial charge >= 0.3 is 0 Å². The van der Waals surface area contributed by atoms with E-state index in [1.807, 2.05) is 24.7 Å². The predicted molar refractivity (Wildman–Crippen MR) is 76.9 cm³/mol. The molecule has 0 amide bonds. The van der Waals surface area contributed by atoms with Crippen molar-refractivity contribution in [2.45, 2.75) is 37.2 Å². The highest BCUT2D eigenvalue weighted by Crippen LogP contribution is 2.41. The van der Waals surface area contributed by atoms with Crippen molar-refractivity contribution in [3.63, 3.8) is 0 Å². The molecule has 0 radical (unpaired) electrons. The molecule has 0 saturated heterocycles. The van der Waals surface area contributed by atoms with Crippen LogP contribution in [0.4, 0.5) is 0 Å². The fourth-order valence-corrected chi connectivity index (χ4v) is 3.57. The van der Waals surface area contributed by atoms with Crippen LogP contribution in [0.15, 0.2) is 29.7 Å². The molecule has 2 aromatic heterocycles. The van der Waals surface area contributed by atoms with Crippen LogP contribution in [-0.2, 0) is 23.6 Å². The fourth-order valence-electron chi connectivity index (χ4n) is 2.36. The number of aryl methyl sites for hydroxylation is 2. The molecule has 2 heterocycles. The van der Waals surface area contributed by atoms with Gasteiger partial charge in [0.25, 0.3) is 0 Å². The van der Waals surface area contributed by atoms with E-state index in [2.05, 4.69) is 14.8 Å². The second-order valence-electron chi connectivity index (χ2n) is 5.36. The molecule has 1 atom stereocenters. The Kier molecular flexibility index (Phi) is 3.58. The largest absolute Gasteiger partial charge is 0.337 e. The lowest BCUT2D eigenvalue weighted by Gasteiger charge is -2.17. The molecule has 3 rings (SSSR count). The summed E-state index contributed by atoms with van der Waals surface area (Å²) in [7, 11) is -1.71. The third kappa shape index (κ3) is 2.86. The van der Waals surface area contributed by atoms with Crippen molar-refractivity contribution in [1.82, 2.24) is 24.1 Å². The quantitative estimate of drug-likeness (QED) is 0.865. The van der Waals surface area contributed by atoms with Gasteiger partial charge in [-0.1, -0.05) is 0 Å². The minimum atomic E-state index is -3.58. The van der Waals surface area contributed by atoms with Gasteiger partial charge in [0.05, 0.1) is 12.2 Å². The molecule has 0 aromatic carbocycles. The van der Waals surface area contributed by atoms with Crippen molar-refractivity contribution in [3.05, 3.63) is 30.6 Å². The SMILES string of the molecule is CCn1cc(S(=O)(=O)NC(c2nccn2C)C2CC2)cn1. The lowest BCUT2D eigenvalue weighted by atomic mass is 10.2. The molecule has 0 spiro atoms. The summed E-state index contributed by atoms with van der Waals surface area (Å²) in [5.74, 6) is 1.08. The minimum Gasteiger partial charge on any atom is -0.337 e. The molecule has 0 bridgehead atoms. The summed E-state index contributed by atoms with van der Waals surface area (Å²) in [5, 5.41) is 4.03. The van der Waals surface area contributed by atoms with Crippen LogP contribution >= 0.6 is 0 Å². The molecule has 2 aromatic rings. The van der Waals surface area contributed by atoms with Gasteiger partial charge in [-0.2, -0.15) is 5.10 Å². The Hall–Kier alpha value is -1.67. The van der Waals surface area contributed by atoms with Crippen molar-refractivity contribution < 1.29 is 8.42 Å². The van der Waals surface area contributed by atoms with Crippen LogP contribution in [0.2, 0.25) is 0 Å². The van der Waals surface area contributed by atoms with Crippen LogP contribution in [0.25, 0.3) is 0 Å². The van der Waals surface area contributed by atoms with Gasteiger partial charge < -0.3 is 4.57 Å². The van der Waals surface area contributed by atoms with Crippen LogP contribution in [0.5, 0.6) is 0 Å². The van der Waals surface area contributed by atoms with Gasteiger partial charge in [-0.05, 0) is 25.7 Å². The van der Waals surface area contributed by atoms with Gasteiger partial charge in [-0.25, -0.2) is 18.1 Å². The zero-order valence-electron chi connectivity index (χ0n) is 12.1. The third-order valence-corrected chi connectivity index (χ3v) is 5.15. The van der Waals surface area contributed by atoms with E-state index in [1.165, 1.54) is 6.20 Å². The summed E-state index contributed by atoms with van der Waals surface area (Å²) >= 11 is 0. The van der Waals surface area contributed by atoms with Crippen molar-refractivity contribution in [1.29, 1.82) is 0 Å². The van der Waals surface area contributed by atoms with Crippen molar-refractivity contribution >= 4 is 10.0 Å². The maximum atomic E-state index is 12.5. The van der Waals surface area contributed by atoms with E-state index >= 15 is 0 Å². The Balaban J connectivity index is 1.87. The van der Waals surface area contributed by atoms with Crippen molar-refractivity contribution in [3.8, 4) is 0 Å². The van der Waals surface area contributed by atoms with E-state index in [4.69, 9.17) is 0 Å². The van der Waals surface area contributed by atoms with Crippen LogP contribution < -0.4 is 4.72 Å². The van der Waals surface area contributed by atoms with E-state index in [0.29, 0.717) is 12.5 Å². The average molecular weight is 309 g/mol. The van der Waals surface area contributed by atoms with Gasteiger partial charge in [-0.3, -0.25) is 4.68 Å². The van der Waals surface area contributed by atoms with E-state index in [-0.39, 0.29) is 10.9 Å². The average Bonchev–Trinajstić information content (AvgIpc) is 3.00. The first kappa shape index (κ1) is 14.3. The summed E-state index contributed by atoms with van der Waals surface area (Å²) in [6, 6.07) is -0.278. The first-order valence-corrected chi connectivity index (χ1v) is 8.51. The summed E-state index contributed by atoms with van der Waals surface area (Å²) in [4.78, 5) is 4.49. The second-order valence-corrected chi connectivity index (χ2v) is 7.08. The van der Waals surface area contributed by atoms with E-state index in [1.54, 1.807) is 17.1 Å².